The van der Waals surface area contributed by atoms with E-state index in [0.29, 0.717) is 6.61 Å². The molecule has 0 aromatic carbocycles. The molecule has 0 unspecified atom stereocenters. The first-order valence-electron chi connectivity index (χ1n) is 8.46. The number of aryl methyl sites for hydroxylation is 2. The quantitative estimate of drug-likeness (QED) is 0.453. The van der Waals surface area contributed by atoms with Gasteiger partial charge in [-0.15, -0.1) is 0 Å². The van der Waals surface area contributed by atoms with Gasteiger partial charge in [0.25, 0.3) is 0 Å². The molecule has 0 spiro atoms. The topological polar surface area (TPSA) is 24.1 Å². The largest absolute Gasteiger partial charge is 0.396 e. The molecule has 114 valence electrons. The zero-order valence-corrected chi connectivity index (χ0v) is 13.2. The lowest BCUT2D eigenvalue weighted by Crippen LogP contribution is -2.37. The molecule has 0 amide bonds. The van der Waals surface area contributed by atoms with Gasteiger partial charge in [-0.1, -0.05) is 45.1 Å². The minimum Gasteiger partial charge on any atom is -0.396 e. The Morgan fingerprint density at radius 1 is 0.900 bits per heavy atom. The van der Waals surface area contributed by atoms with Gasteiger partial charge in [0.2, 0.25) is 0 Å². The average molecular weight is 278 g/mol. The van der Waals surface area contributed by atoms with Gasteiger partial charge in [-0.2, -0.15) is 0 Å². The highest BCUT2D eigenvalue weighted by molar-refractivity contribution is 4.97. The van der Waals surface area contributed by atoms with Crippen molar-refractivity contribution in [3.8, 4) is 0 Å². The third kappa shape index (κ3) is 7.64. The maximum Gasteiger partial charge on any atom is 0.181 e. The standard InChI is InChI=1S/C18H32NO/c1-2-13-18-14-9-11-16-19(18)15-10-7-5-3-4-6-8-12-17-20/h9,11,14,16,20H,2-8,10,12-13,15,17H2,1H3/q+1. The van der Waals surface area contributed by atoms with Crippen LogP contribution in [-0.2, 0) is 13.0 Å². The summed E-state index contributed by atoms with van der Waals surface area (Å²) in [7, 11) is 0. The van der Waals surface area contributed by atoms with Crippen LogP contribution in [0.25, 0.3) is 0 Å². The third-order valence-corrected chi connectivity index (χ3v) is 3.85. The molecule has 0 radical (unpaired) electrons. The lowest BCUT2D eigenvalue weighted by atomic mass is 10.1. The van der Waals surface area contributed by atoms with Crippen molar-refractivity contribution in [1.29, 1.82) is 0 Å². The number of nitrogens with zero attached hydrogens (tertiary/aromatic N) is 1. The highest BCUT2D eigenvalue weighted by atomic mass is 16.2. The second kappa shape index (κ2) is 11.9. The van der Waals surface area contributed by atoms with Gasteiger partial charge < -0.3 is 5.11 Å². The molecule has 0 saturated heterocycles. The number of rotatable bonds is 12. The summed E-state index contributed by atoms with van der Waals surface area (Å²) in [4.78, 5) is 0. The summed E-state index contributed by atoms with van der Waals surface area (Å²) in [5.74, 6) is 0. The predicted octanol–water partition coefficient (Wildman–Crippen LogP) is 4.04. The Labute approximate surface area is 124 Å². The Morgan fingerprint density at radius 3 is 2.20 bits per heavy atom. The van der Waals surface area contributed by atoms with Gasteiger partial charge in [-0.05, 0) is 19.3 Å². The van der Waals surface area contributed by atoms with Crippen LogP contribution in [0.15, 0.2) is 24.4 Å². The maximum atomic E-state index is 8.71. The van der Waals surface area contributed by atoms with Crippen molar-refractivity contribution < 1.29 is 9.67 Å². The molecule has 1 aromatic heterocycles. The number of hydrogen-bond donors (Lipinski definition) is 1. The summed E-state index contributed by atoms with van der Waals surface area (Å²) in [6, 6.07) is 6.54. The van der Waals surface area contributed by atoms with Crippen LogP contribution >= 0.6 is 0 Å². The van der Waals surface area contributed by atoms with Crippen LogP contribution in [-0.4, -0.2) is 11.7 Å². The summed E-state index contributed by atoms with van der Waals surface area (Å²) in [6.45, 7) is 3.77. The monoisotopic (exact) mass is 278 g/mol. The molecule has 1 rings (SSSR count). The van der Waals surface area contributed by atoms with E-state index < -0.39 is 0 Å². The van der Waals surface area contributed by atoms with Gasteiger partial charge >= 0.3 is 0 Å². The molecule has 1 aromatic rings. The summed E-state index contributed by atoms with van der Waals surface area (Å²) in [5, 5.41) is 8.71. The van der Waals surface area contributed by atoms with E-state index in [0.717, 1.165) is 6.42 Å². The molecule has 20 heavy (non-hydrogen) atoms. The second-order valence-electron chi connectivity index (χ2n) is 5.69. The predicted molar refractivity (Wildman–Crippen MR) is 84.7 cm³/mol. The normalized spacial score (nSPS) is 10.9. The maximum absolute atomic E-state index is 8.71. The smallest absolute Gasteiger partial charge is 0.181 e. The molecule has 0 atom stereocenters. The van der Waals surface area contributed by atoms with E-state index in [2.05, 4.69) is 35.9 Å². The number of aliphatic hydroxyl groups is 1. The van der Waals surface area contributed by atoms with E-state index in [-0.39, 0.29) is 0 Å². The minimum absolute atomic E-state index is 0.356. The summed E-state index contributed by atoms with van der Waals surface area (Å²) in [5.41, 5.74) is 1.47. The lowest BCUT2D eigenvalue weighted by molar-refractivity contribution is -0.704. The zero-order chi connectivity index (χ0) is 14.5. The number of aromatic nitrogens is 1. The van der Waals surface area contributed by atoms with Crippen LogP contribution < -0.4 is 4.57 Å². The molecule has 0 saturated carbocycles. The fraction of sp³-hybridized carbons (Fsp3) is 0.722. The Balaban J connectivity index is 2.06. The molecule has 1 heterocycles. The molecule has 0 aliphatic heterocycles. The minimum atomic E-state index is 0.356. The average Bonchev–Trinajstić information content (AvgIpc) is 2.47. The van der Waals surface area contributed by atoms with Crippen LogP contribution in [0.2, 0.25) is 0 Å². The van der Waals surface area contributed by atoms with Gasteiger partial charge in [-0.3, -0.25) is 0 Å². The fourth-order valence-electron chi connectivity index (χ4n) is 2.67. The molecule has 1 N–H and O–H groups in total. The van der Waals surface area contributed by atoms with Crippen LogP contribution in [0, 0.1) is 0 Å². The van der Waals surface area contributed by atoms with E-state index in [9.17, 15) is 0 Å². The number of aliphatic hydroxyl groups excluding tert-OH is 1. The first kappa shape index (κ1) is 17.2. The highest BCUT2D eigenvalue weighted by Crippen LogP contribution is 2.08. The molecular formula is C18H32NO+. The Hall–Kier alpha value is -0.890. The molecule has 0 aliphatic rings. The van der Waals surface area contributed by atoms with Gasteiger partial charge in [0.05, 0.1) is 0 Å². The molecular weight excluding hydrogens is 246 g/mol. The lowest BCUT2D eigenvalue weighted by Gasteiger charge is -2.03. The molecule has 2 nitrogen and oxygen atoms in total. The van der Waals surface area contributed by atoms with Crippen LogP contribution in [0.5, 0.6) is 0 Å². The number of unbranched alkanes of at least 4 members (excludes halogenated alkanes) is 7. The number of pyridine rings is 1. The van der Waals surface area contributed by atoms with Crippen molar-refractivity contribution in [3.63, 3.8) is 0 Å². The number of hydrogen-bond acceptors (Lipinski definition) is 1. The van der Waals surface area contributed by atoms with E-state index in [1.165, 1.54) is 70.0 Å². The first-order valence-corrected chi connectivity index (χ1v) is 8.46. The van der Waals surface area contributed by atoms with E-state index in [1.54, 1.807) is 0 Å². The van der Waals surface area contributed by atoms with Crippen molar-refractivity contribution >= 4 is 0 Å². The van der Waals surface area contributed by atoms with Crippen molar-refractivity contribution in [1.82, 2.24) is 0 Å². The molecule has 2 heteroatoms. The van der Waals surface area contributed by atoms with Gasteiger partial charge in [0.15, 0.2) is 11.9 Å². The van der Waals surface area contributed by atoms with E-state index in [4.69, 9.17) is 5.11 Å². The summed E-state index contributed by atoms with van der Waals surface area (Å²) >= 11 is 0. The fourth-order valence-corrected chi connectivity index (χ4v) is 2.67. The second-order valence-corrected chi connectivity index (χ2v) is 5.69. The Bertz CT molecular complexity index is 338. The Kier molecular flexibility index (Phi) is 10.2. The van der Waals surface area contributed by atoms with Crippen molar-refractivity contribution in [3.05, 3.63) is 30.1 Å². The SMILES string of the molecule is CCCc1cccc[n+]1CCCCCCCCCCO. The summed E-state index contributed by atoms with van der Waals surface area (Å²) < 4.78 is 2.42. The molecule has 0 bridgehead atoms. The van der Waals surface area contributed by atoms with Crippen molar-refractivity contribution in [2.24, 2.45) is 0 Å². The van der Waals surface area contributed by atoms with E-state index >= 15 is 0 Å². The molecule has 0 fully saturated rings. The van der Waals surface area contributed by atoms with E-state index in [1.807, 2.05) is 0 Å². The van der Waals surface area contributed by atoms with Crippen LogP contribution in [0.4, 0.5) is 0 Å². The van der Waals surface area contributed by atoms with Gasteiger partial charge in [-0.25, -0.2) is 4.57 Å². The Morgan fingerprint density at radius 2 is 1.55 bits per heavy atom. The van der Waals surface area contributed by atoms with Crippen LogP contribution in [0.1, 0.15) is 70.4 Å². The van der Waals surface area contributed by atoms with Crippen molar-refractivity contribution in [2.75, 3.05) is 6.61 Å². The van der Waals surface area contributed by atoms with Crippen molar-refractivity contribution in [2.45, 2.75) is 77.7 Å². The zero-order valence-electron chi connectivity index (χ0n) is 13.2. The molecule has 0 aliphatic carbocycles. The first-order chi connectivity index (χ1) is 9.88. The summed E-state index contributed by atoms with van der Waals surface area (Å²) in [6.07, 6.45) is 14.8. The van der Waals surface area contributed by atoms with Gasteiger partial charge in [0.1, 0.15) is 6.54 Å². The van der Waals surface area contributed by atoms with Crippen LogP contribution in [0.3, 0.4) is 0 Å². The third-order valence-electron chi connectivity index (χ3n) is 3.85. The highest BCUT2D eigenvalue weighted by Gasteiger charge is 2.07. The van der Waals surface area contributed by atoms with Gasteiger partial charge in [0, 0.05) is 31.6 Å².